The van der Waals surface area contributed by atoms with Crippen molar-refractivity contribution in [2.24, 2.45) is 5.92 Å². The van der Waals surface area contributed by atoms with Gasteiger partial charge >= 0.3 is 6.09 Å². The molecule has 1 amide bonds. The fourth-order valence-electron chi connectivity index (χ4n) is 2.25. The van der Waals surface area contributed by atoms with Gasteiger partial charge in [-0.05, 0) is 57.7 Å². The Hall–Kier alpha value is -1.23. The summed E-state index contributed by atoms with van der Waals surface area (Å²) in [6, 6.07) is 4.11. The van der Waals surface area contributed by atoms with Gasteiger partial charge in [-0.1, -0.05) is 0 Å². The summed E-state index contributed by atoms with van der Waals surface area (Å²) in [5, 5.41) is 1.06. The van der Waals surface area contributed by atoms with Crippen molar-refractivity contribution in [2.75, 3.05) is 18.8 Å². The van der Waals surface area contributed by atoms with E-state index in [1.807, 2.05) is 37.9 Å². The van der Waals surface area contributed by atoms with Crippen molar-refractivity contribution in [1.82, 2.24) is 9.88 Å². The molecular formula is C16H24N2O2S. The summed E-state index contributed by atoms with van der Waals surface area (Å²) >= 11 is 1.77. The number of pyridine rings is 1. The molecule has 2 rings (SSSR count). The van der Waals surface area contributed by atoms with E-state index < -0.39 is 5.60 Å². The zero-order valence-corrected chi connectivity index (χ0v) is 14.1. The predicted octanol–water partition coefficient (Wildman–Crippen LogP) is 3.74. The Morgan fingerprint density at radius 1 is 1.52 bits per heavy atom. The van der Waals surface area contributed by atoms with E-state index in [-0.39, 0.29) is 6.09 Å². The summed E-state index contributed by atoms with van der Waals surface area (Å²) in [6.45, 7) is 9.35. The Morgan fingerprint density at radius 2 is 2.29 bits per heavy atom. The topological polar surface area (TPSA) is 42.4 Å². The zero-order valence-electron chi connectivity index (χ0n) is 13.3. The number of thioether (sulfide) groups is 1. The van der Waals surface area contributed by atoms with Gasteiger partial charge in [0.15, 0.2) is 0 Å². The number of nitrogens with zero attached hydrogens (tertiary/aromatic N) is 2. The minimum atomic E-state index is -0.421. The van der Waals surface area contributed by atoms with Crippen LogP contribution in [0.4, 0.5) is 4.79 Å². The third kappa shape index (κ3) is 5.23. The molecule has 1 aromatic heterocycles. The molecule has 1 aromatic rings. The van der Waals surface area contributed by atoms with Crippen LogP contribution in [0, 0.1) is 12.8 Å². The first-order valence-electron chi connectivity index (χ1n) is 7.37. The molecule has 2 heterocycles. The maximum Gasteiger partial charge on any atom is 0.410 e. The molecule has 0 unspecified atom stereocenters. The average Bonchev–Trinajstić information content (AvgIpc) is 2.83. The molecule has 0 saturated carbocycles. The van der Waals surface area contributed by atoms with Crippen LogP contribution in [-0.2, 0) is 4.74 Å². The molecule has 0 bridgehead atoms. The van der Waals surface area contributed by atoms with Gasteiger partial charge in [-0.3, -0.25) is 0 Å². The number of carbonyl (C=O) groups excluding carboxylic acids is 1. The van der Waals surface area contributed by atoms with Gasteiger partial charge in [0.2, 0.25) is 0 Å². The first kappa shape index (κ1) is 16.1. The normalized spacial score (nSPS) is 18.9. The lowest BCUT2D eigenvalue weighted by atomic mass is 10.2. The van der Waals surface area contributed by atoms with Crippen molar-refractivity contribution in [3.63, 3.8) is 0 Å². The van der Waals surface area contributed by atoms with Crippen molar-refractivity contribution in [2.45, 2.75) is 44.7 Å². The maximum absolute atomic E-state index is 12.0. The first-order valence-corrected chi connectivity index (χ1v) is 8.35. The maximum atomic E-state index is 12.0. The van der Waals surface area contributed by atoms with E-state index in [2.05, 4.69) is 18.0 Å². The lowest BCUT2D eigenvalue weighted by molar-refractivity contribution is 0.0289. The Morgan fingerprint density at radius 3 is 2.95 bits per heavy atom. The molecule has 1 fully saturated rings. The van der Waals surface area contributed by atoms with Crippen LogP contribution in [0.1, 0.15) is 32.8 Å². The van der Waals surface area contributed by atoms with Crippen LogP contribution in [-0.4, -0.2) is 40.4 Å². The molecule has 1 aliphatic heterocycles. The second-order valence-electron chi connectivity index (χ2n) is 6.56. The second-order valence-corrected chi connectivity index (χ2v) is 7.60. The molecule has 4 nitrogen and oxygen atoms in total. The van der Waals surface area contributed by atoms with Crippen molar-refractivity contribution in [1.29, 1.82) is 0 Å². The molecule has 0 spiro atoms. The highest BCUT2D eigenvalue weighted by molar-refractivity contribution is 7.99. The number of amides is 1. The minimum Gasteiger partial charge on any atom is -0.444 e. The number of aromatic nitrogens is 1. The van der Waals surface area contributed by atoms with Gasteiger partial charge in [0.05, 0.1) is 5.03 Å². The summed E-state index contributed by atoms with van der Waals surface area (Å²) in [5.74, 6) is 1.51. The fraction of sp³-hybridized carbons (Fsp3) is 0.625. The van der Waals surface area contributed by atoms with Gasteiger partial charge in [0.25, 0.3) is 0 Å². The molecule has 1 aliphatic rings. The van der Waals surface area contributed by atoms with Crippen molar-refractivity contribution < 1.29 is 9.53 Å². The van der Waals surface area contributed by atoms with E-state index in [1.165, 1.54) is 5.56 Å². The van der Waals surface area contributed by atoms with Crippen molar-refractivity contribution in [3.05, 3.63) is 23.9 Å². The SMILES string of the molecule is Cc1ccnc(SC[C@H]2CCN(C(=O)OC(C)(C)C)C2)c1. The van der Waals surface area contributed by atoms with Crippen molar-refractivity contribution >= 4 is 17.9 Å². The molecule has 1 atom stereocenters. The summed E-state index contributed by atoms with van der Waals surface area (Å²) in [5.41, 5.74) is 0.810. The third-order valence-electron chi connectivity index (χ3n) is 3.29. The van der Waals surface area contributed by atoms with Gasteiger partial charge in [-0.15, -0.1) is 11.8 Å². The molecule has 5 heteroatoms. The van der Waals surface area contributed by atoms with E-state index in [4.69, 9.17) is 4.74 Å². The van der Waals surface area contributed by atoms with Gasteiger partial charge in [0.1, 0.15) is 5.60 Å². The van der Waals surface area contributed by atoms with E-state index >= 15 is 0 Å². The number of ether oxygens (including phenoxy) is 1. The van der Waals surface area contributed by atoms with Crippen LogP contribution in [0.3, 0.4) is 0 Å². The van der Waals surface area contributed by atoms with Crippen LogP contribution in [0.25, 0.3) is 0 Å². The summed E-state index contributed by atoms with van der Waals surface area (Å²) < 4.78 is 5.42. The Bertz CT molecular complexity index is 499. The van der Waals surface area contributed by atoms with Gasteiger partial charge in [-0.25, -0.2) is 9.78 Å². The van der Waals surface area contributed by atoms with Crippen LogP contribution >= 0.6 is 11.8 Å². The minimum absolute atomic E-state index is 0.191. The molecule has 116 valence electrons. The highest BCUT2D eigenvalue weighted by Crippen LogP contribution is 2.26. The van der Waals surface area contributed by atoms with Gasteiger partial charge < -0.3 is 9.64 Å². The molecular weight excluding hydrogens is 284 g/mol. The van der Waals surface area contributed by atoms with Crippen LogP contribution < -0.4 is 0 Å². The lowest BCUT2D eigenvalue weighted by Gasteiger charge is -2.24. The number of rotatable bonds is 3. The highest BCUT2D eigenvalue weighted by Gasteiger charge is 2.29. The van der Waals surface area contributed by atoms with Crippen LogP contribution in [0.5, 0.6) is 0 Å². The largest absolute Gasteiger partial charge is 0.444 e. The van der Waals surface area contributed by atoms with Crippen LogP contribution in [0.15, 0.2) is 23.4 Å². The number of hydrogen-bond acceptors (Lipinski definition) is 4. The van der Waals surface area contributed by atoms with Gasteiger partial charge in [-0.2, -0.15) is 0 Å². The van der Waals surface area contributed by atoms with Crippen molar-refractivity contribution in [3.8, 4) is 0 Å². The Kier molecular flexibility index (Phi) is 5.14. The summed E-state index contributed by atoms with van der Waals surface area (Å²) in [7, 11) is 0. The number of carbonyl (C=O) groups is 1. The number of hydrogen-bond donors (Lipinski definition) is 0. The molecule has 0 aromatic carbocycles. The number of aryl methyl sites for hydroxylation is 1. The van der Waals surface area contributed by atoms with E-state index in [1.54, 1.807) is 11.8 Å². The zero-order chi connectivity index (χ0) is 15.5. The third-order valence-corrected chi connectivity index (χ3v) is 4.45. The van der Waals surface area contributed by atoms with Gasteiger partial charge in [0, 0.05) is 25.0 Å². The molecule has 1 saturated heterocycles. The van der Waals surface area contributed by atoms with Crippen LogP contribution in [0.2, 0.25) is 0 Å². The monoisotopic (exact) mass is 308 g/mol. The smallest absolute Gasteiger partial charge is 0.410 e. The summed E-state index contributed by atoms with van der Waals surface area (Å²) in [6.07, 6.45) is 2.70. The lowest BCUT2D eigenvalue weighted by Crippen LogP contribution is -2.35. The molecule has 0 radical (unpaired) electrons. The Labute approximate surface area is 131 Å². The molecule has 21 heavy (non-hydrogen) atoms. The van der Waals surface area contributed by atoms with E-state index in [0.717, 1.165) is 30.3 Å². The molecule has 0 aliphatic carbocycles. The summed E-state index contributed by atoms with van der Waals surface area (Å²) in [4.78, 5) is 18.2. The highest BCUT2D eigenvalue weighted by atomic mass is 32.2. The Balaban J connectivity index is 1.79. The predicted molar refractivity (Wildman–Crippen MR) is 85.6 cm³/mol. The second kappa shape index (κ2) is 6.69. The standard InChI is InChI=1S/C16H24N2O2S/c1-12-5-7-17-14(9-12)21-11-13-6-8-18(10-13)15(19)20-16(2,3)4/h5,7,9,13H,6,8,10-11H2,1-4H3/t13-/m0/s1. The molecule has 0 N–H and O–H groups in total. The first-order chi connectivity index (χ1) is 9.83. The average molecular weight is 308 g/mol. The van der Waals surface area contributed by atoms with E-state index in [9.17, 15) is 4.79 Å². The van der Waals surface area contributed by atoms with E-state index in [0.29, 0.717) is 5.92 Å². The quantitative estimate of drug-likeness (QED) is 0.798. The number of likely N-dealkylation sites (tertiary alicyclic amines) is 1. The fourth-order valence-corrected chi connectivity index (χ4v) is 3.33.